The summed E-state index contributed by atoms with van der Waals surface area (Å²) in [7, 11) is 0. The maximum atomic E-state index is 5.79. The van der Waals surface area contributed by atoms with Crippen LogP contribution in [0.2, 0.25) is 0 Å². The molecule has 1 aliphatic heterocycles. The van der Waals surface area contributed by atoms with Crippen molar-refractivity contribution in [2.75, 3.05) is 5.75 Å². The van der Waals surface area contributed by atoms with Crippen molar-refractivity contribution in [2.45, 2.75) is 16.7 Å². The summed E-state index contributed by atoms with van der Waals surface area (Å²) in [5.74, 6) is 1.09. The van der Waals surface area contributed by atoms with Gasteiger partial charge in [0, 0.05) is 11.8 Å². The van der Waals surface area contributed by atoms with Gasteiger partial charge in [-0.05, 0) is 23.4 Å². The largest absolute Gasteiger partial charge is 0.327 e. The minimum Gasteiger partial charge on any atom is -0.327 e. The van der Waals surface area contributed by atoms with Crippen molar-refractivity contribution in [3.8, 4) is 0 Å². The molecule has 0 bridgehead atoms. The van der Waals surface area contributed by atoms with Gasteiger partial charge in [-0.1, -0.05) is 0 Å². The Kier molecular flexibility index (Phi) is 1.72. The Labute approximate surface area is 68.6 Å². The van der Waals surface area contributed by atoms with E-state index in [0.717, 1.165) is 12.2 Å². The molecule has 2 rings (SSSR count). The lowest BCUT2D eigenvalue weighted by Crippen LogP contribution is -2.27. The van der Waals surface area contributed by atoms with E-state index in [1.54, 1.807) is 0 Å². The predicted molar refractivity (Wildman–Crippen MR) is 46.7 cm³/mol. The third-order valence-corrected chi connectivity index (χ3v) is 4.13. The summed E-state index contributed by atoms with van der Waals surface area (Å²) >= 11 is 3.73. The molecular formula is C7H9NS2. The number of fused-ring (bicyclic) bond motifs is 1. The first-order valence-electron chi connectivity index (χ1n) is 3.31. The van der Waals surface area contributed by atoms with Crippen LogP contribution < -0.4 is 5.73 Å². The molecule has 0 amide bonds. The zero-order valence-electron chi connectivity index (χ0n) is 5.54. The minimum absolute atomic E-state index is 0.382. The summed E-state index contributed by atoms with van der Waals surface area (Å²) in [6, 6.07) is 2.57. The molecule has 2 heterocycles. The molecule has 1 nitrogen and oxygen atoms in total. The molecule has 0 spiro atoms. The molecule has 0 fully saturated rings. The molecule has 0 aliphatic carbocycles. The summed E-state index contributed by atoms with van der Waals surface area (Å²) in [6.45, 7) is 0. The predicted octanol–water partition coefficient (Wildman–Crippen LogP) is 1.72. The van der Waals surface area contributed by atoms with Crippen molar-refractivity contribution in [1.29, 1.82) is 0 Å². The molecule has 0 aromatic carbocycles. The summed E-state index contributed by atoms with van der Waals surface area (Å²) in [6.07, 6.45) is 1.08. The normalized spacial score (nSPS) is 24.3. The highest BCUT2D eigenvalue weighted by Crippen LogP contribution is 2.33. The van der Waals surface area contributed by atoms with Gasteiger partial charge in [0.1, 0.15) is 0 Å². The average Bonchev–Trinajstić information content (AvgIpc) is 2.33. The highest BCUT2D eigenvalue weighted by molar-refractivity contribution is 8.01. The number of hydrogen-bond acceptors (Lipinski definition) is 3. The van der Waals surface area contributed by atoms with Crippen LogP contribution in [0.1, 0.15) is 5.56 Å². The molecule has 1 aliphatic rings. The van der Waals surface area contributed by atoms with Gasteiger partial charge in [0.2, 0.25) is 0 Å². The van der Waals surface area contributed by atoms with Gasteiger partial charge in [-0.3, -0.25) is 0 Å². The van der Waals surface area contributed by atoms with Crippen LogP contribution in [-0.2, 0) is 6.42 Å². The van der Waals surface area contributed by atoms with Gasteiger partial charge in [-0.2, -0.15) is 0 Å². The molecule has 1 unspecified atom stereocenters. The number of thiophene rings is 1. The maximum absolute atomic E-state index is 5.79. The first kappa shape index (κ1) is 6.70. The van der Waals surface area contributed by atoms with E-state index < -0.39 is 0 Å². The Hall–Kier alpha value is 0.0100. The molecule has 10 heavy (non-hydrogen) atoms. The first-order valence-corrected chi connectivity index (χ1v) is 5.17. The van der Waals surface area contributed by atoms with Gasteiger partial charge in [0.25, 0.3) is 0 Å². The lowest BCUT2D eigenvalue weighted by Gasteiger charge is -2.16. The van der Waals surface area contributed by atoms with E-state index in [9.17, 15) is 0 Å². The molecule has 3 heteroatoms. The first-order chi connectivity index (χ1) is 4.86. The Balaban J connectivity index is 2.30. The zero-order valence-corrected chi connectivity index (χ0v) is 7.17. The van der Waals surface area contributed by atoms with E-state index >= 15 is 0 Å². The van der Waals surface area contributed by atoms with Crippen molar-refractivity contribution in [3.63, 3.8) is 0 Å². The van der Waals surface area contributed by atoms with Crippen LogP contribution in [0.15, 0.2) is 15.7 Å². The van der Waals surface area contributed by atoms with E-state index in [1.807, 2.05) is 23.1 Å². The van der Waals surface area contributed by atoms with E-state index in [-0.39, 0.29) is 0 Å². The maximum Gasteiger partial charge on any atom is 0.0631 e. The van der Waals surface area contributed by atoms with Gasteiger partial charge >= 0.3 is 0 Å². The Morgan fingerprint density at radius 1 is 1.60 bits per heavy atom. The van der Waals surface area contributed by atoms with E-state index in [1.165, 1.54) is 9.77 Å². The van der Waals surface area contributed by atoms with E-state index in [4.69, 9.17) is 5.73 Å². The van der Waals surface area contributed by atoms with Crippen molar-refractivity contribution in [3.05, 3.63) is 17.0 Å². The van der Waals surface area contributed by atoms with Crippen LogP contribution in [0.4, 0.5) is 0 Å². The molecule has 1 aromatic rings. The highest BCUT2D eigenvalue weighted by Gasteiger charge is 2.15. The SMILES string of the molecule is NC1CSc2sccc2C1. The number of hydrogen-bond donors (Lipinski definition) is 1. The summed E-state index contributed by atoms with van der Waals surface area (Å²) in [5, 5.41) is 2.15. The number of rotatable bonds is 0. The van der Waals surface area contributed by atoms with Gasteiger partial charge in [-0.15, -0.1) is 23.1 Å². The van der Waals surface area contributed by atoms with Gasteiger partial charge in [0.05, 0.1) is 4.21 Å². The molecule has 54 valence electrons. The zero-order chi connectivity index (χ0) is 6.97. The monoisotopic (exact) mass is 171 g/mol. The van der Waals surface area contributed by atoms with Crippen LogP contribution in [0, 0.1) is 0 Å². The second-order valence-electron chi connectivity index (χ2n) is 2.51. The van der Waals surface area contributed by atoms with E-state index in [0.29, 0.717) is 6.04 Å². The van der Waals surface area contributed by atoms with Crippen LogP contribution in [0.3, 0.4) is 0 Å². The fourth-order valence-corrected chi connectivity index (χ4v) is 3.25. The van der Waals surface area contributed by atoms with E-state index in [2.05, 4.69) is 11.4 Å². The topological polar surface area (TPSA) is 26.0 Å². The summed E-state index contributed by atoms with van der Waals surface area (Å²) < 4.78 is 1.47. The molecule has 1 aromatic heterocycles. The third-order valence-electron chi connectivity index (χ3n) is 1.62. The molecular weight excluding hydrogens is 162 g/mol. The Bertz CT molecular complexity index is 231. The second-order valence-corrected chi connectivity index (χ2v) is 4.71. The molecule has 1 atom stereocenters. The van der Waals surface area contributed by atoms with Gasteiger partial charge < -0.3 is 5.73 Å². The van der Waals surface area contributed by atoms with Gasteiger partial charge in [0.15, 0.2) is 0 Å². The quantitative estimate of drug-likeness (QED) is 0.643. The van der Waals surface area contributed by atoms with Crippen LogP contribution in [-0.4, -0.2) is 11.8 Å². The smallest absolute Gasteiger partial charge is 0.0631 e. The second kappa shape index (κ2) is 2.57. The average molecular weight is 171 g/mol. The van der Waals surface area contributed by atoms with Crippen molar-refractivity contribution in [2.24, 2.45) is 5.73 Å². The summed E-state index contributed by atoms with van der Waals surface area (Å²) in [4.78, 5) is 0. The molecule has 0 saturated carbocycles. The van der Waals surface area contributed by atoms with Crippen molar-refractivity contribution in [1.82, 2.24) is 0 Å². The molecule has 0 radical (unpaired) electrons. The Morgan fingerprint density at radius 2 is 2.50 bits per heavy atom. The highest BCUT2D eigenvalue weighted by atomic mass is 32.2. The fraction of sp³-hybridized carbons (Fsp3) is 0.429. The summed E-state index contributed by atoms with van der Waals surface area (Å²) in [5.41, 5.74) is 7.25. The number of thioether (sulfide) groups is 1. The minimum atomic E-state index is 0.382. The molecule has 0 saturated heterocycles. The lowest BCUT2D eigenvalue weighted by atomic mass is 10.1. The fourth-order valence-electron chi connectivity index (χ4n) is 1.12. The van der Waals surface area contributed by atoms with Crippen molar-refractivity contribution >= 4 is 23.1 Å². The lowest BCUT2D eigenvalue weighted by molar-refractivity contribution is 0.733. The standard InChI is InChI=1S/C7H9NS2/c8-6-3-5-1-2-9-7(5)10-4-6/h1-2,6H,3-4,8H2. The van der Waals surface area contributed by atoms with Gasteiger partial charge in [-0.25, -0.2) is 0 Å². The van der Waals surface area contributed by atoms with Crippen LogP contribution in [0.25, 0.3) is 0 Å². The number of nitrogens with two attached hydrogens (primary N) is 1. The third kappa shape index (κ3) is 1.09. The van der Waals surface area contributed by atoms with Crippen LogP contribution >= 0.6 is 23.1 Å². The van der Waals surface area contributed by atoms with Crippen LogP contribution in [0.5, 0.6) is 0 Å². The van der Waals surface area contributed by atoms with Crippen molar-refractivity contribution < 1.29 is 0 Å². The molecule has 2 N–H and O–H groups in total. The Morgan fingerprint density at radius 3 is 3.40 bits per heavy atom.